The van der Waals surface area contributed by atoms with Crippen molar-refractivity contribution < 1.29 is 0 Å². The van der Waals surface area contributed by atoms with Gasteiger partial charge >= 0.3 is 0 Å². The van der Waals surface area contributed by atoms with E-state index in [1.807, 2.05) is 0 Å². The van der Waals surface area contributed by atoms with E-state index < -0.39 is 0 Å². The third-order valence-corrected chi connectivity index (χ3v) is 4.18. The van der Waals surface area contributed by atoms with Crippen LogP contribution in [0, 0.1) is 17.8 Å². The van der Waals surface area contributed by atoms with Crippen molar-refractivity contribution in [1.82, 2.24) is 0 Å². The molecule has 14 heavy (non-hydrogen) atoms. The third-order valence-electron chi connectivity index (χ3n) is 4.18. The fourth-order valence-electron chi connectivity index (χ4n) is 2.63. The van der Waals surface area contributed by atoms with Gasteiger partial charge in [-0.1, -0.05) is 72.1 Å². The maximum atomic E-state index is 2.45. The smallest absolute Gasteiger partial charge is 0.0417 e. The molecule has 1 fully saturated rings. The van der Waals surface area contributed by atoms with Crippen molar-refractivity contribution in [3.05, 3.63) is 0 Å². The second-order valence-electron chi connectivity index (χ2n) is 5.63. The first-order valence-corrected chi connectivity index (χ1v) is 6.70. The summed E-state index contributed by atoms with van der Waals surface area (Å²) in [4.78, 5) is 0. The maximum absolute atomic E-state index is 2.45. The van der Waals surface area contributed by atoms with Crippen molar-refractivity contribution in [3.63, 3.8) is 0 Å². The minimum absolute atomic E-state index is 0.961. The van der Waals surface area contributed by atoms with E-state index in [0.29, 0.717) is 0 Å². The Hall–Kier alpha value is 0. The van der Waals surface area contributed by atoms with Crippen LogP contribution in [0.4, 0.5) is 0 Å². The van der Waals surface area contributed by atoms with E-state index in [4.69, 9.17) is 0 Å². The summed E-state index contributed by atoms with van der Waals surface area (Å²) < 4.78 is 0. The molecule has 0 nitrogen and oxygen atoms in total. The molecular weight excluding hydrogens is 168 g/mol. The molecule has 2 atom stereocenters. The molecule has 1 rings (SSSR count). The van der Waals surface area contributed by atoms with Gasteiger partial charge in [-0.25, -0.2) is 0 Å². The van der Waals surface area contributed by atoms with Crippen molar-refractivity contribution in [2.45, 2.75) is 72.1 Å². The number of hydrogen-bond acceptors (Lipinski definition) is 0. The normalized spacial score (nSPS) is 37.5. The van der Waals surface area contributed by atoms with E-state index >= 15 is 0 Å². The molecule has 0 saturated heterocycles. The molecule has 0 heterocycles. The van der Waals surface area contributed by atoms with Crippen LogP contribution in [0.5, 0.6) is 0 Å². The second kappa shape index (κ2) is 6.48. The quantitative estimate of drug-likeness (QED) is 0.510. The molecule has 0 spiro atoms. The van der Waals surface area contributed by atoms with Gasteiger partial charge in [0.15, 0.2) is 0 Å². The van der Waals surface area contributed by atoms with Gasteiger partial charge in [0.05, 0.1) is 0 Å². The third kappa shape index (κ3) is 4.48. The Labute approximate surface area is 90.5 Å². The van der Waals surface area contributed by atoms with Crippen LogP contribution in [-0.2, 0) is 0 Å². The van der Waals surface area contributed by atoms with Crippen LogP contribution >= 0.6 is 0 Å². The van der Waals surface area contributed by atoms with Crippen LogP contribution in [0.15, 0.2) is 0 Å². The van der Waals surface area contributed by atoms with Crippen molar-refractivity contribution >= 4 is 0 Å². The fraction of sp³-hybridized carbons (Fsp3) is 1.00. The van der Waals surface area contributed by atoms with Crippen LogP contribution < -0.4 is 0 Å². The van der Waals surface area contributed by atoms with Crippen LogP contribution in [0.2, 0.25) is 0 Å². The van der Waals surface area contributed by atoms with Gasteiger partial charge in [-0.3, -0.25) is 0 Å². The fourth-order valence-corrected chi connectivity index (χ4v) is 2.63. The highest BCUT2D eigenvalue weighted by Crippen LogP contribution is 2.27. The maximum Gasteiger partial charge on any atom is -0.0417 e. The van der Waals surface area contributed by atoms with Crippen LogP contribution in [0.3, 0.4) is 0 Å². The molecule has 0 heteroatoms. The highest BCUT2D eigenvalue weighted by molar-refractivity contribution is 4.65. The Morgan fingerprint density at radius 2 is 0.929 bits per heavy atom. The predicted octanol–water partition coefficient (Wildman–Crippen LogP) is 5.03. The summed E-state index contributed by atoms with van der Waals surface area (Å²) in [6, 6.07) is 0. The standard InChI is InChI=1S/C14H28/c1-12-8-4-6-10-13(2)14(3)11-7-5-9-12/h12-14H,4-11H2,1-3H3. The molecule has 0 aromatic rings. The summed E-state index contributed by atoms with van der Waals surface area (Å²) in [6.45, 7) is 7.34. The molecule has 0 radical (unpaired) electrons. The Morgan fingerprint density at radius 3 is 1.36 bits per heavy atom. The SMILES string of the molecule is CC1CCCCC(C)C(C)CCCC1. The lowest BCUT2D eigenvalue weighted by molar-refractivity contribution is 0.328. The Kier molecular flexibility index (Phi) is 5.59. The predicted molar refractivity (Wildman–Crippen MR) is 64.4 cm³/mol. The molecule has 1 aliphatic carbocycles. The lowest BCUT2D eigenvalue weighted by Crippen LogP contribution is -2.07. The second-order valence-corrected chi connectivity index (χ2v) is 5.63. The largest absolute Gasteiger partial charge is 0.0625 e. The topological polar surface area (TPSA) is 0 Å². The van der Waals surface area contributed by atoms with Crippen LogP contribution in [0.1, 0.15) is 72.1 Å². The first-order chi connectivity index (χ1) is 6.70. The summed E-state index contributed by atoms with van der Waals surface area (Å²) in [5, 5.41) is 0. The van der Waals surface area contributed by atoms with E-state index in [0.717, 1.165) is 17.8 Å². The molecule has 0 amide bonds. The molecule has 0 aliphatic heterocycles. The molecule has 0 aromatic heterocycles. The van der Waals surface area contributed by atoms with E-state index in [-0.39, 0.29) is 0 Å². The minimum Gasteiger partial charge on any atom is -0.0625 e. The van der Waals surface area contributed by atoms with Crippen molar-refractivity contribution in [2.24, 2.45) is 17.8 Å². The van der Waals surface area contributed by atoms with Gasteiger partial charge in [-0.05, 0) is 17.8 Å². The molecule has 0 N–H and O–H groups in total. The molecule has 0 aromatic carbocycles. The molecule has 84 valence electrons. The molecular formula is C14H28. The van der Waals surface area contributed by atoms with E-state index in [9.17, 15) is 0 Å². The summed E-state index contributed by atoms with van der Waals surface area (Å²) in [6.07, 6.45) is 11.8. The average molecular weight is 196 g/mol. The minimum atomic E-state index is 0.961. The monoisotopic (exact) mass is 196 g/mol. The lowest BCUT2D eigenvalue weighted by Gasteiger charge is -2.19. The zero-order valence-electron chi connectivity index (χ0n) is 10.4. The summed E-state index contributed by atoms with van der Waals surface area (Å²) in [5.41, 5.74) is 0. The van der Waals surface area contributed by atoms with Gasteiger partial charge in [0.1, 0.15) is 0 Å². The molecule has 2 unspecified atom stereocenters. The van der Waals surface area contributed by atoms with Gasteiger partial charge in [0, 0.05) is 0 Å². The summed E-state index contributed by atoms with van der Waals surface area (Å²) in [5.74, 6) is 2.91. The van der Waals surface area contributed by atoms with E-state index in [1.165, 1.54) is 51.4 Å². The lowest BCUT2D eigenvalue weighted by atomic mass is 9.87. The summed E-state index contributed by atoms with van der Waals surface area (Å²) >= 11 is 0. The molecule has 0 bridgehead atoms. The van der Waals surface area contributed by atoms with Gasteiger partial charge in [0.2, 0.25) is 0 Å². The Bertz CT molecular complexity index is 123. The summed E-state index contributed by atoms with van der Waals surface area (Å²) in [7, 11) is 0. The Balaban J connectivity index is 2.33. The highest BCUT2D eigenvalue weighted by atomic mass is 14.2. The van der Waals surface area contributed by atoms with Crippen LogP contribution in [0.25, 0.3) is 0 Å². The van der Waals surface area contributed by atoms with Gasteiger partial charge in [0.25, 0.3) is 0 Å². The van der Waals surface area contributed by atoms with E-state index in [2.05, 4.69) is 20.8 Å². The number of hydrogen-bond donors (Lipinski definition) is 0. The van der Waals surface area contributed by atoms with Crippen LogP contribution in [-0.4, -0.2) is 0 Å². The van der Waals surface area contributed by atoms with E-state index in [1.54, 1.807) is 0 Å². The molecule has 1 aliphatic rings. The molecule has 1 saturated carbocycles. The van der Waals surface area contributed by atoms with Crippen molar-refractivity contribution in [3.8, 4) is 0 Å². The van der Waals surface area contributed by atoms with Gasteiger partial charge < -0.3 is 0 Å². The average Bonchev–Trinajstić information content (AvgIpc) is 2.19. The van der Waals surface area contributed by atoms with Crippen molar-refractivity contribution in [2.75, 3.05) is 0 Å². The zero-order valence-corrected chi connectivity index (χ0v) is 10.4. The Morgan fingerprint density at radius 1 is 0.571 bits per heavy atom. The number of rotatable bonds is 0. The zero-order chi connectivity index (χ0) is 10.4. The van der Waals surface area contributed by atoms with Gasteiger partial charge in [-0.2, -0.15) is 0 Å². The van der Waals surface area contributed by atoms with Gasteiger partial charge in [-0.15, -0.1) is 0 Å². The van der Waals surface area contributed by atoms with Crippen molar-refractivity contribution in [1.29, 1.82) is 0 Å². The highest BCUT2D eigenvalue weighted by Gasteiger charge is 2.13. The first kappa shape index (κ1) is 12.1. The first-order valence-electron chi connectivity index (χ1n) is 6.70.